The summed E-state index contributed by atoms with van der Waals surface area (Å²) >= 11 is 0. The van der Waals surface area contributed by atoms with Crippen molar-refractivity contribution < 1.29 is 10.0 Å². The molecule has 2 aromatic heterocycles. The summed E-state index contributed by atoms with van der Waals surface area (Å²) in [6.45, 7) is 1.91. The summed E-state index contributed by atoms with van der Waals surface area (Å²) < 4.78 is 0. The van der Waals surface area contributed by atoms with Crippen molar-refractivity contribution in [3.8, 4) is 0 Å². The molecule has 2 heterocycles. The fourth-order valence-corrected chi connectivity index (χ4v) is 1.30. The van der Waals surface area contributed by atoms with Crippen LogP contribution in [0.3, 0.4) is 0 Å². The Morgan fingerprint density at radius 3 is 3.07 bits per heavy atom. The maximum atomic E-state index is 11.1. The first-order valence-electron chi connectivity index (χ1n) is 4.40. The van der Waals surface area contributed by atoms with Crippen LogP contribution in [0, 0.1) is 0 Å². The maximum Gasteiger partial charge on any atom is 0.312 e. The Balaban J connectivity index is 2.63. The molecule has 78 valence electrons. The molecule has 0 aliphatic carbocycles. The van der Waals surface area contributed by atoms with E-state index in [0.29, 0.717) is 23.3 Å². The Hall–Kier alpha value is -2.02. The molecule has 0 fully saturated rings. The van der Waals surface area contributed by atoms with Gasteiger partial charge in [0.05, 0.1) is 12.0 Å². The summed E-state index contributed by atoms with van der Waals surface area (Å²) in [6, 6.07) is 0. The summed E-state index contributed by atoms with van der Waals surface area (Å²) in [7, 11) is 0. The number of amides is 1. The number of aromatic nitrogens is 4. The number of H-pyrrole nitrogens is 1. The van der Waals surface area contributed by atoms with Crippen molar-refractivity contribution in [1.82, 2.24) is 25.4 Å². The zero-order valence-electron chi connectivity index (χ0n) is 7.98. The molecule has 0 radical (unpaired) electrons. The van der Waals surface area contributed by atoms with Gasteiger partial charge in [-0.05, 0) is 6.42 Å². The molecule has 7 nitrogen and oxygen atoms in total. The Bertz CT molecular complexity index is 507. The quantitative estimate of drug-likeness (QED) is 0.476. The zero-order valence-corrected chi connectivity index (χ0v) is 7.98. The molecule has 0 saturated heterocycles. The van der Waals surface area contributed by atoms with Crippen LogP contribution in [0.15, 0.2) is 6.33 Å². The topological polar surface area (TPSA) is 104 Å². The van der Waals surface area contributed by atoms with Crippen molar-refractivity contribution in [1.29, 1.82) is 0 Å². The van der Waals surface area contributed by atoms with E-state index < -0.39 is 5.91 Å². The average molecular weight is 207 g/mol. The van der Waals surface area contributed by atoms with Crippen LogP contribution in [-0.2, 0) is 6.42 Å². The number of nitrogens with one attached hydrogen (secondary N) is 2. The number of hydroxylamine groups is 1. The Labute approximate surface area is 84.5 Å². The number of rotatable bonds is 2. The molecule has 0 atom stereocenters. The van der Waals surface area contributed by atoms with Crippen molar-refractivity contribution in [3.63, 3.8) is 0 Å². The standard InChI is InChI=1S/C8H9N5O2/c1-2-4-5-6(10-3-9-5)12-7(11-4)8(14)13-15/h3,15H,2H2,1H3,(H,13,14)(H,9,10,11,12). The SMILES string of the molecule is CCc1nc(C(=O)NO)nc2nc[nH]c12. The van der Waals surface area contributed by atoms with E-state index in [1.165, 1.54) is 11.8 Å². The predicted molar refractivity (Wildman–Crippen MR) is 50.3 cm³/mol. The van der Waals surface area contributed by atoms with Gasteiger partial charge in [0, 0.05) is 0 Å². The second-order valence-corrected chi connectivity index (χ2v) is 2.89. The van der Waals surface area contributed by atoms with Crippen molar-refractivity contribution in [3.05, 3.63) is 17.8 Å². The van der Waals surface area contributed by atoms with Gasteiger partial charge >= 0.3 is 5.91 Å². The highest BCUT2D eigenvalue weighted by atomic mass is 16.5. The van der Waals surface area contributed by atoms with Gasteiger partial charge in [0.2, 0.25) is 5.82 Å². The van der Waals surface area contributed by atoms with Crippen LogP contribution < -0.4 is 5.48 Å². The van der Waals surface area contributed by atoms with Gasteiger partial charge in [-0.3, -0.25) is 10.0 Å². The fourth-order valence-electron chi connectivity index (χ4n) is 1.30. The lowest BCUT2D eigenvalue weighted by molar-refractivity contribution is 0.0694. The van der Waals surface area contributed by atoms with Crippen molar-refractivity contribution in [2.45, 2.75) is 13.3 Å². The summed E-state index contributed by atoms with van der Waals surface area (Å²) in [5, 5.41) is 8.47. The fraction of sp³-hybridized carbons (Fsp3) is 0.250. The lowest BCUT2D eigenvalue weighted by Gasteiger charge is -2.01. The third-order valence-corrected chi connectivity index (χ3v) is 2.00. The molecule has 0 aromatic carbocycles. The van der Waals surface area contributed by atoms with Crippen molar-refractivity contribution >= 4 is 17.1 Å². The van der Waals surface area contributed by atoms with E-state index in [0.717, 1.165) is 0 Å². The lowest BCUT2D eigenvalue weighted by Crippen LogP contribution is -2.22. The predicted octanol–water partition coefficient (Wildman–Crippen LogP) is 0.0343. The average Bonchev–Trinajstić information content (AvgIpc) is 2.74. The van der Waals surface area contributed by atoms with E-state index in [1.54, 1.807) is 0 Å². The molecule has 15 heavy (non-hydrogen) atoms. The molecule has 0 aliphatic heterocycles. The number of fused-ring (bicyclic) bond motifs is 1. The number of carbonyl (C=O) groups is 1. The normalized spacial score (nSPS) is 10.5. The summed E-state index contributed by atoms with van der Waals surface area (Å²) in [5.74, 6) is -0.830. The minimum Gasteiger partial charge on any atom is -0.342 e. The highest BCUT2D eigenvalue weighted by Gasteiger charge is 2.13. The number of hydrogen-bond donors (Lipinski definition) is 3. The molecule has 7 heteroatoms. The largest absolute Gasteiger partial charge is 0.342 e. The van der Waals surface area contributed by atoms with E-state index in [-0.39, 0.29) is 5.82 Å². The molecule has 0 unspecified atom stereocenters. The third-order valence-electron chi connectivity index (χ3n) is 2.00. The first kappa shape index (κ1) is 9.53. The second kappa shape index (κ2) is 3.62. The minimum absolute atomic E-state index is 0.0889. The monoisotopic (exact) mass is 207 g/mol. The van der Waals surface area contributed by atoms with E-state index in [4.69, 9.17) is 5.21 Å². The van der Waals surface area contributed by atoms with Crippen molar-refractivity contribution in [2.75, 3.05) is 0 Å². The number of nitrogens with zero attached hydrogens (tertiary/aromatic N) is 3. The van der Waals surface area contributed by atoms with Crippen LogP contribution in [-0.4, -0.2) is 31.1 Å². The summed E-state index contributed by atoms with van der Waals surface area (Å²) in [5.41, 5.74) is 3.31. The lowest BCUT2D eigenvalue weighted by atomic mass is 10.3. The molecule has 0 saturated carbocycles. The molecule has 1 amide bonds. The molecule has 2 aromatic rings. The number of imidazole rings is 1. The zero-order chi connectivity index (χ0) is 10.8. The van der Waals surface area contributed by atoms with Crippen molar-refractivity contribution in [2.24, 2.45) is 0 Å². The maximum absolute atomic E-state index is 11.1. The highest BCUT2D eigenvalue weighted by Crippen LogP contribution is 2.11. The first-order valence-corrected chi connectivity index (χ1v) is 4.40. The van der Waals surface area contributed by atoms with Gasteiger partial charge in [-0.15, -0.1) is 0 Å². The third kappa shape index (κ3) is 1.52. The van der Waals surface area contributed by atoms with E-state index in [1.807, 2.05) is 6.92 Å². The number of aryl methyl sites for hydroxylation is 1. The van der Waals surface area contributed by atoms with Gasteiger partial charge in [0.15, 0.2) is 5.65 Å². The Kier molecular flexibility index (Phi) is 2.30. The Morgan fingerprint density at radius 2 is 2.40 bits per heavy atom. The number of aromatic amines is 1. The van der Waals surface area contributed by atoms with Gasteiger partial charge < -0.3 is 4.98 Å². The van der Waals surface area contributed by atoms with Gasteiger partial charge in [-0.2, -0.15) is 0 Å². The smallest absolute Gasteiger partial charge is 0.312 e. The Morgan fingerprint density at radius 1 is 1.60 bits per heavy atom. The van der Waals surface area contributed by atoms with Crippen LogP contribution in [0.5, 0.6) is 0 Å². The van der Waals surface area contributed by atoms with Crippen LogP contribution in [0.4, 0.5) is 0 Å². The summed E-state index contributed by atoms with van der Waals surface area (Å²) in [4.78, 5) is 25.8. The van der Waals surface area contributed by atoms with Crippen LogP contribution >= 0.6 is 0 Å². The molecular formula is C8H9N5O2. The van der Waals surface area contributed by atoms with Gasteiger partial charge in [0.25, 0.3) is 0 Å². The molecule has 3 N–H and O–H groups in total. The van der Waals surface area contributed by atoms with Crippen LogP contribution in [0.2, 0.25) is 0 Å². The van der Waals surface area contributed by atoms with Gasteiger partial charge in [0.1, 0.15) is 5.52 Å². The first-order chi connectivity index (χ1) is 7.26. The minimum atomic E-state index is -0.741. The molecule has 0 bridgehead atoms. The molecule has 2 rings (SSSR count). The van der Waals surface area contributed by atoms with Gasteiger partial charge in [-0.1, -0.05) is 6.92 Å². The number of carbonyl (C=O) groups excluding carboxylic acids is 1. The van der Waals surface area contributed by atoms with E-state index in [9.17, 15) is 4.79 Å². The molecule has 0 spiro atoms. The highest BCUT2D eigenvalue weighted by molar-refractivity contribution is 5.91. The van der Waals surface area contributed by atoms with Crippen LogP contribution in [0.1, 0.15) is 23.2 Å². The van der Waals surface area contributed by atoms with E-state index in [2.05, 4.69) is 19.9 Å². The van der Waals surface area contributed by atoms with Gasteiger partial charge in [-0.25, -0.2) is 20.4 Å². The second-order valence-electron chi connectivity index (χ2n) is 2.89. The number of hydrogen-bond acceptors (Lipinski definition) is 5. The van der Waals surface area contributed by atoms with Crippen LogP contribution in [0.25, 0.3) is 11.2 Å². The molecule has 0 aliphatic rings. The summed E-state index contributed by atoms with van der Waals surface area (Å²) in [6.07, 6.45) is 2.13. The molecular weight excluding hydrogens is 198 g/mol. The van der Waals surface area contributed by atoms with E-state index >= 15 is 0 Å².